The molecule has 1 aliphatic heterocycles. The maximum atomic E-state index is 11.8. The summed E-state index contributed by atoms with van der Waals surface area (Å²) < 4.78 is 4.78. The van der Waals surface area contributed by atoms with Gasteiger partial charge in [0.25, 0.3) is 0 Å². The van der Waals surface area contributed by atoms with Crippen LogP contribution in [0, 0.1) is 17.3 Å². The van der Waals surface area contributed by atoms with Crippen molar-refractivity contribution in [3.63, 3.8) is 0 Å². The highest BCUT2D eigenvalue weighted by atomic mass is 16.6. The summed E-state index contributed by atoms with van der Waals surface area (Å²) in [5, 5.41) is 40.9. The molecule has 3 rings (SSSR count). The SMILES string of the molecule is C[C@@]1(CO)C[C@H]2[C@H](O)C3=C(C[C@](C)(O)[C@H]2C1)C(=O)O[C@@H]3O. The Morgan fingerprint density at radius 2 is 1.95 bits per heavy atom. The van der Waals surface area contributed by atoms with Gasteiger partial charge in [-0.25, -0.2) is 4.79 Å². The Morgan fingerprint density at radius 1 is 1.29 bits per heavy atom. The minimum absolute atomic E-state index is 0.0211. The Morgan fingerprint density at radius 3 is 2.57 bits per heavy atom. The number of hydrogen-bond acceptors (Lipinski definition) is 6. The van der Waals surface area contributed by atoms with Crippen LogP contribution in [0.1, 0.15) is 33.1 Å². The number of cyclic esters (lactones) is 1. The zero-order valence-electron chi connectivity index (χ0n) is 12.2. The van der Waals surface area contributed by atoms with Crippen LogP contribution in [0.2, 0.25) is 0 Å². The minimum atomic E-state index is -1.43. The third-order valence-corrected chi connectivity index (χ3v) is 5.48. The van der Waals surface area contributed by atoms with Gasteiger partial charge in [0.1, 0.15) is 0 Å². The predicted octanol–water partition coefficient (Wildman–Crippen LogP) is -0.301. The van der Waals surface area contributed by atoms with Gasteiger partial charge >= 0.3 is 5.97 Å². The summed E-state index contributed by atoms with van der Waals surface area (Å²) in [6.45, 7) is 3.55. The van der Waals surface area contributed by atoms with Gasteiger partial charge in [-0.2, -0.15) is 0 Å². The van der Waals surface area contributed by atoms with Crippen LogP contribution in [0.4, 0.5) is 0 Å². The van der Waals surface area contributed by atoms with Crippen LogP contribution >= 0.6 is 0 Å². The molecule has 0 amide bonds. The van der Waals surface area contributed by atoms with E-state index < -0.39 is 24.0 Å². The standard InChI is InChI=1S/C15H22O6/c1-14(6-16)3-7-9(5-14)15(2,20)4-8-10(11(7)17)13(19)21-12(8)18/h7,9,11,13,16-17,19-20H,3-6H2,1-2H3/t7-,9+,11+,13+,14-,15+/m1/s1. The van der Waals surface area contributed by atoms with Crippen LogP contribution in [-0.2, 0) is 9.53 Å². The molecular weight excluding hydrogens is 276 g/mol. The van der Waals surface area contributed by atoms with E-state index in [1.165, 1.54) is 0 Å². The molecule has 6 atom stereocenters. The van der Waals surface area contributed by atoms with Gasteiger partial charge in [-0.05, 0) is 37.0 Å². The second kappa shape index (κ2) is 4.52. The molecule has 6 nitrogen and oxygen atoms in total. The molecule has 4 N–H and O–H groups in total. The molecule has 0 spiro atoms. The van der Waals surface area contributed by atoms with E-state index in [4.69, 9.17) is 4.74 Å². The largest absolute Gasteiger partial charge is 0.428 e. The van der Waals surface area contributed by atoms with Crippen LogP contribution in [0.5, 0.6) is 0 Å². The number of aliphatic hydroxyl groups excluding tert-OH is 3. The maximum Gasteiger partial charge on any atom is 0.336 e. The van der Waals surface area contributed by atoms with Gasteiger partial charge < -0.3 is 25.2 Å². The molecule has 1 fully saturated rings. The highest BCUT2D eigenvalue weighted by molar-refractivity contribution is 5.92. The van der Waals surface area contributed by atoms with Gasteiger partial charge in [-0.3, -0.25) is 0 Å². The Labute approximate surface area is 123 Å². The number of esters is 1. The number of fused-ring (bicyclic) bond motifs is 1. The third kappa shape index (κ3) is 2.12. The highest BCUT2D eigenvalue weighted by Crippen LogP contribution is 2.55. The second-order valence-electron chi connectivity index (χ2n) is 7.32. The molecule has 6 heteroatoms. The van der Waals surface area contributed by atoms with E-state index in [-0.39, 0.29) is 41.4 Å². The van der Waals surface area contributed by atoms with Gasteiger partial charge in [0.15, 0.2) is 0 Å². The van der Waals surface area contributed by atoms with Gasteiger partial charge in [-0.1, -0.05) is 6.92 Å². The Hall–Kier alpha value is -0.950. The summed E-state index contributed by atoms with van der Waals surface area (Å²) >= 11 is 0. The van der Waals surface area contributed by atoms with Crippen molar-refractivity contribution in [2.24, 2.45) is 17.3 Å². The van der Waals surface area contributed by atoms with Crippen molar-refractivity contribution in [1.82, 2.24) is 0 Å². The Bertz CT molecular complexity index is 510. The number of hydrogen-bond donors (Lipinski definition) is 4. The molecule has 0 bridgehead atoms. The van der Waals surface area contributed by atoms with E-state index in [1.54, 1.807) is 6.92 Å². The van der Waals surface area contributed by atoms with Gasteiger partial charge in [0.2, 0.25) is 6.29 Å². The average molecular weight is 298 g/mol. The molecule has 0 aromatic heterocycles. The molecule has 3 aliphatic rings. The summed E-state index contributed by atoms with van der Waals surface area (Å²) in [4.78, 5) is 11.8. The van der Waals surface area contributed by atoms with Crippen molar-refractivity contribution in [3.8, 4) is 0 Å². The molecule has 21 heavy (non-hydrogen) atoms. The molecule has 0 unspecified atom stereocenters. The van der Waals surface area contributed by atoms with Crippen molar-refractivity contribution < 1.29 is 30.0 Å². The Balaban J connectivity index is 2.05. The molecule has 0 radical (unpaired) electrons. The molecule has 1 saturated carbocycles. The van der Waals surface area contributed by atoms with E-state index in [9.17, 15) is 25.2 Å². The monoisotopic (exact) mass is 298 g/mol. The lowest BCUT2D eigenvalue weighted by atomic mass is 9.77. The number of carbonyl (C=O) groups excluding carboxylic acids is 1. The normalized spacial score (nSPS) is 49.7. The summed E-state index contributed by atoms with van der Waals surface area (Å²) in [6, 6.07) is 0. The predicted molar refractivity (Wildman–Crippen MR) is 71.8 cm³/mol. The zero-order valence-corrected chi connectivity index (χ0v) is 12.2. The minimum Gasteiger partial charge on any atom is -0.428 e. The van der Waals surface area contributed by atoms with Crippen LogP contribution in [0.25, 0.3) is 0 Å². The van der Waals surface area contributed by atoms with E-state index in [1.807, 2.05) is 6.92 Å². The second-order valence-corrected chi connectivity index (χ2v) is 7.32. The molecular formula is C15H22O6. The van der Waals surface area contributed by atoms with E-state index >= 15 is 0 Å². The third-order valence-electron chi connectivity index (χ3n) is 5.48. The summed E-state index contributed by atoms with van der Waals surface area (Å²) in [6.07, 6.45) is -1.31. The smallest absolute Gasteiger partial charge is 0.336 e. The van der Waals surface area contributed by atoms with Crippen molar-refractivity contribution in [3.05, 3.63) is 11.1 Å². The zero-order chi connectivity index (χ0) is 15.6. The van der Waals surface area contributed by atoms with Gasteiger partial charge in [-0.15, -0.1) is 0 Å². The highest BCUT2D eigenvalue weighted by Gasteiger charge is 2.57. The van der Waals surface area contributed by atoms with E-state index in [0.717, 1.165) is 0 Å². The lowest BCUT2D eigenvalue weighted by Gasteiger charge is -2.34. The molecule has 1 heterocycles. The van der Waals surface area contributed by atoms with E-state index in [0.29, 0.717) is 12.8 Å². The summed E-state index contributed by atoms with van der Waals surface area (Å²) in [7, 11) is 0. The molecule has 0 aromatic carbocycles. The fourth-order valence-electron chi connectivity index (χ4n) is 4.34. The number of rotatable bonds is 1. The first-order valence-corrected chi connectivity index (χ1v) is 7.32. The summed E-state index contributed by atoms with van der Waals surface area (Å²) in [5.74, 6) is -1.22. The number of aliphatic hydroxyl groups is 4. The lowest BCUT2D eigenvalue weighted by Crippen LogP contribution is -2.40. The number of ether oxygens (including phenoxy) is 1. The Kier molecular flexibility index (Phi) is 3.22. The lowest BCUT2D eigenvalue weighted by molar-refractivity contribution is -0.154. The first kappa shape index (κ1) is 15.0. The quantitative estimate of drug-likeness (QED) is 0.495. The maximum absolute atomic E-state index is 11.8. The van der Waals surface area contributed by atoms with Crippen LogP contribution in [0.3, 0.4) is 0 Å². The van der Waals surface area contributed by atoms with Crippen molar-refractivity contribution >= 4 is 5.97 Å². The van der Waals surface area contributed by atoms with Gasteiger partial charge in [0.05, 0.1) is 11.7 Å². The first-order chi connectivity index (χ1) is 9.68. The summed E-state index contributed by atoms with van der Waals surface area (Å²) in [5.41, 5.74) is -1.17. The first-order valence-electron chi connectivity index (χ1n) is 7.32. The van der Waals surface area contributed by atoms with E-state index in [2.05, 4.69) is 0 Å². The van der Waals surface area contributed by atoms with Crippen molar-refractivity contribution in [2.45, 2.75) is 51.1 Å². The molecule has 118 valence electrons. The fourth-order valence-corrected chi connectivity index (χ4v) is 4.34. The number of carbonyl (C=O) groups is 1. The average Bonchev–Trinajstić information content (AvgIpc) is 2.86. The van der Waals surface area contributed by atoms with Gasteiger partial charge in [0, 0.05) is 24.2 Å². The fraction of sp³-hybridized carbons (Fsp3) is 0.800. The van der Waals surface area contributed by atoms with Crippen LogP contribution < -0.4 is 0 Å². The van der Waals surface area contributed by atoms with Crippen LogP contribution in [-0.4, -0.2) is 51.0 Å². The van der Waals surface area contributed by atoms with Crippen molar-refractivity contribution in [1.29, 1.82) is 0 Å². The molecule has 0 saturated heterocycles. The van der Waals surface area contributed by atoms with Crippen LogP contribution in [0.15, 0.2) is 11.1 Å². The molecule has 0 aromatic rings. The molecule has 2 aliphatic carbocycles. The van der Waals surface area contributed by atoms with Crippen molar-refractivity contribution in [2.75, 3.05) is 6.61 Å². The topological polar surface area (TPSA) is 107 Å².